The van der Waals surface area contributed by atoms with E-state index in [9.17, 15) is 13.2 Å². The second kappa shape index (κ2) is 11.0. The molecule has 3 rings (SSSR count). The predicted molar refractivity (Wildman–Crippen MR) is 122 cm³/mol. The molecule has 31 heavy (non-hydrogen) atoms. The molecule has 8 heteroatoms. The van der Waals surface area contributed by atoms with Gasteiger partial charge in [-0.3, -0.25) is 4.79 Å². The lowest BCUT2D eigenvalue weighted by atomic mass is 10.1. The Morgan fingerprint density at radius 2 is 1.77 bits per heavy atom. The van der Waals surface area contributed by atoms with E-state index in [1.807, 2.05) is 30.3 Å². The van der Waals surface area contributed by atoms with E-state index in [-0.39, 0.29) is 34.2 Å². The molecule has 1 amide bonds. The lowest BCUT2D eigenvalue weighted by Crippen LogP contribution is -2.37. The molecule has 2 N–H and O–H groups in total. The molecule has 6 nitrogen and oxygen atoms in total. The van der Waals surface area contributed by atoms with Gasteiger partial charge in [-0.15, -0.1) is 0 Å². The van der Waals surface area contributed by atoms with E-state index in [2.05, 4.69) is 10.0 Å². The summed E-state index contributed by atoms with van der Waals surface area (Å²) in [6, 6.07) is 13.3. The lowest BCUT2D eigenvalue weighted by molar-refractivity contribution is -0.123. The van der Waals surface area contributed by atoms with Gasteiger partial charge in [-0.25, -0.2) is 13.1 Å². The fourth-order valence-corrected chi connectivity index (χ4v) is 5.27. The summed E-state index contributed by atoms with van der Waals surface area (Å²) in [5, 5.41) is 3.15. The van der Waals surface area contributed by atoms with Crippen molar-refractivity contribution in [1.29, 1.82) is 0 Å². The zero-order valence-electron chi connectivity index (χ0n) is 17.6. The summed E-state index contributed by atoms with van der Waals surface area (Å²) in [7, 11) is -3.77. The summed E-state index contributed by atoms with van der Waals surface area (Å²) in [6.45, 7) is 1.62. The molecule has 1 aliphatic carbocycles. The minimum absolute atomic E-state index is 0.0375. The molecule has 2 aromatic carbocycles. The van der Waals surface area contributed by atoms with Crippen LogP contribution < -0.4 is 14.8 Å². The number of hydrogen-bond acceptors (Lipinski definition) is 4. The highest BCUT2D eigenvalue weighted by molar-refractivity contribution is 7.89. The zero-order valence-corrected chi connectivity index (χ0v) is 19.2. The first-order chi connectivity index (χ1) is 14.8. The Kier molecular flexibility index (Phi) is 8.35. The van der Waals surface area contributed by atoms with Crippen molar-refractivity contribution in [2.24, 2.45) is 0 Å². The van der Waals surface area contributed by atoms with Crippen LogP contribution in [0.25, 0.3) is 0 Å². The molecule has 2 aromatic rings. The first-order valence-corrected chi connectivity index (χ1v) is 12.5. The summed E-state index contributed by atoms with van der Waals surface area (Å²) < 4.78 is 33.6. The van der Waals surface area contributed by atoms with Crippen molar-refractivity contribution >= 4 is 27.5 Å². The average molecular weight is 465 g/mol. The van der Waals surface area contributed by atoms with Crippen molar-refractivity contribution in [3.63, 3.8) is 0 Å². The molecular weight excluding hydrogens is 436 g/mol. The summed E-state index contributed by atoms with van der Waals surface area (Å²) in [6.07, 6.45) is 6.68. The maximum absolute atomic E-state index is 12.7. The average Bonchev–Trinajstić information content (AvgIpc) is 3.01. The van der Waals surface area contributed by atoms with E-state index in [0.29, 0.717) is 0 Å². The number of sulfonamides is 1. The smallest absolute Gasteiger partial charge is 0.258 e. The summed E-state index contributed by atoms with van der Waals surface area (Å²) in [5.74, 6) is 0.0748. The second-order valence-corrected chi connectivity index (χ2v) is 10.0. The Hall–Kier alpha value is -2.09. The molecule has 0 unspecified atom stereocenters. The number of nitrogens with one attached hydrogen (secondary N) is 2. The largest absolute Gasteiger partial charge is 0.482 e. The molecule has 168 valence electrons. The maximum atomic E-state index is 12.7. The van der Waals surface area contributed by atoms with Crippen LogP contribution in [0.3, 0.4) is 0 Å². The fourth-order valence-electron chi connectivity index (χ4n) is 3.71. The molecular formula is C23H29ClN2O4S. The maximum Gasteiger partial charge on any atom is 0.258 e. The van der Waals surface area contributed by atoms with Gasteiger partial charge < -0.3 is 10.1 Å². The van der Waals surface area contributed by atoms with Crippen LogP contribution >= 0.6 is 11.6 Å². The Bertz CT molecular complexity index is 974. The minimum Gasteiger partial charge on any atom is -0.482 e. The summed E-state index contributed by atoms with van der Waals surface area (Å²) >= 11 is 6.24. The Morgan fingerprint density at radius 3 is 2.42 bits per heavy atom. The first-order valence-electron chi connectivity index (χ1n) is 10.6. The number of hydrogen-bond donors (Lipinski definition) is 2. The van der Waals surface area contributed by atoms with Crippen LogP contribution in [0, 0.1) is 0 Å². The number of rotatable bonds is 8. The standard InChI is InChI=1S/C23H29ClN2O4S/c1-17(18-9-5-4-6-10-18)26-31(28,29)20-13-14-22(21(24)15-20)30-16-23(27)25-19-11-7-2-3-8-12-19/h4-6,9-10,13-15,17,19,26H,2-3,7-8,11-12,16H2,1H3,(H,25,27)/t17-/m1/s1. The van der Waals surface area contributed by atoms with Gasteiger partial charge in [-0.1, -0.05) is 67.6 Å². The van der Waals surface area contributed by atoms with Gasteiger partial charge in [0.2, 0.25) is 10.0 Å². The minimum atomic E-state index is -3.77. The van der Waals surface area contributed by atoms with E-state index in [1.54, 1.807) is 6.92 Å². The van der Waals surface area contributed by atoms with Crippen LogP contribution in [-0.2, 0) is 14.8 Å². The van der Waals surface area contributed by atoms with E-state index in [4.69, 9.17) is 16.3 Å². The second-order valence-electron chi connectivity index (χ2n) is 7.89. The highest BCUT2D eigenvalue weighted by atomic mass is 35.5. The molecule has 0 aliphatic heterocycles. The lowest BCUT2D eigenvalue weighted by Gasteiger charge is -2.17. The topological polar surface area (TPSA) is 84.5 Å². The summed E-state index contributed by atoms with van der Waals surface area (Å²) in [5.41, 5.74) is 0.858. The third-order valence-electron chi connectivity index (χ3n) is 5.42. The van der Waals surface area contributed by atoms with Crippen molar-refractivity contribution in [2.45, 2.75) is 62.4 Å². The normalized spacial score (nSPS) is 16.3. The third-order valence-corrected chi connectivity index (χ3v) is 7.26. The number of ether oxygens (including phenoxy) is 1. The van der Waals surface area contributed by atoms with Crippen molar-refractivity contribution in [2.75, 3.05) is 6.61 Å². The Labute approximate surface area is 189 Å². The molecule has 0 bridgehead atoms. The van der Waals surface area contributed by atoms with Crippen LogP contribution in [-0.4, -0.2) is 27.0 Å². The van der Waals surface area contributed by atoms with Crippen molar-refractivity contribution in [3.8, 4) is 5.75 Å². The number of benzene rings is 2. The molecule has 1 fully saturated rings. The number of carbonyl (C=O) groups excluding carboxylic acids is 1. The quantitative estimate of drug-likeness (QED) is 0.559. The Morgan fingerprint density at radius 1 is 1.10 bits per heavy atom. The first kappa shape index (κ1) is 23.6. The van der Waals surface area contributed by atoms with Gasteiger partial charge >= 0.3 is 0 Å². The summed E-state index contributed by atoms with van der Waals surface area (Å²) in [4.78, 5) is 12.2. The van der Waals surface area contributed by atoms with Crippen molar-refractivity contribution in [1.82, 2.24) is 10.0 Å². The van der Waals surface area contributed by atoms with Gasteiger partial charge in [0.05, 0.1) is 9.92 Å². The van der Waals surface area contributed by atoms with Crippen LogP contribution in [0.2, 0.25) is 5.02 Å². The van der Waals surface area contributed by atoms with Gasteiger partial charge in [-0.2, -0.15) is 0 Å². The molecule has 0 aromatic heterocycles. The van der Waals surface area contributed by atoms with Gasteiger partial charge in [-0.05, 0) is 43.5 Å². The molecule has 0 spiro atoms. The molecule has 1 atom stereocenters. The number of amides is 1. The molecule has 1 aliphatic rings. The van der Waals surface area contributed by atoms with Crippen molar-refractivity contribution < 1.29 is 17.9 Å². The number of carbonyl (C=O) groups is 1. The van der Waals surface area contributed by atoms with E-state index < -0.39 is 16.1 Å². The SMILES string of the molecule is C[C@@H](NS(=O)(=O)c1ccc(OCC(=O)NC2CCCCCC2)c(Cl)c1)c1ccccc1. The fraction of sp³-hybridized carbons (Fsp3) is 0.435. The molecule has 0 radical (unpaired) electrons. The van der Waals surface area contributed by atoms with E-state index in [0.717, 1.165) is 31.2 Å². The third kappa shape index (κ3) is 6.95. The highest BCUT2D eigenvalue weighted by Crippen LogP contribution is 2.28. The van der Waals surface area contributed by atoms with Crippen LogP contribution in [0.15, 0.2) is 53.4 Å². The highest BCUT2D eigenvalue weighted by Gasteiger charge is 2.20. The van der Waals surface area contributed by atoms with Crippen LogP contribution in [0.1, 0.15) is 57.1 Å². The van der Waals surface area contributed by atoms with Gasteiger partial charge in [0.1, 0.15) is 5.75 Å². The van der Waals surface area contributed by atoms with E-state index in [1.165, 1.54) is 31.0 Å². The predicted octanol–water partition coefficient (Wildman–Crippen LogP) is 4.60. The van der Waals surface area contributed by atoms with E-state index >= 15 is 0 Å². The van der Waals surface area contributed by atoms with Gasteiger partial charge in [0.25, 0.3) is 5.91 Å². The van der Waals surface area contributed by atoms with Crippen LogP contribution in [0.4, 0.5) is 0 Å². The van der Waals surface area contributed by atoms with Crippen molar-refractivity contribution in [3.05, 3.63) is 59.1 Å². The molecule has 0 heterocycles. The monoisotopic (exact) mass is 464 g/mol. The van der Waals surface area contributed by atoms with Gasteiger partial charge in [0, 0.05) is 12.1 Å². The Balaban J connectivity index is 1.58. The number of halogens is 1. The molecule has 0 saturated heterocycles. The van der Waals surface area contributed by atoms with Crippen LogP contribution in [0.5, 0.6) is 5.75 Å². The van der Waals surface area contributed by atoms with Gasteiger partial charge in [0.15, 0.2) is 6.61 Å². The molecule has 1 saturated carbocycles. The zero-order chi connectivity index (χ0) is 22.3.